The van der Waals surface area contributed by atoms with Crippen LogP contribution in [-0.4, -0.2) is 36.0 Å². The quantitative estimate of drug-likeness (QED) is 0.721. The predicted molar refractivity (Wildman–Crippen MR) is 100 cm³/mol. The zero-order chi connectivity index (χ0) is 19.3. The monoisotopic (exact) mass is 396 g/mol. The summed E-state index contributed by atoms with van der Waals surface area (Å²) in [5.74, 6) is -1.44. The summed E-state index contributed by atoms with van der Waals surface area (Å²) in [7, 11) is 0. The zero-order valence-corrected chi connectivity index (χ0v) is 16.6. The van der Waals surface area contributed by atoms with Crippen molar-refractivity contribution >= 4 is 45.5 Å². The molecule has 2 aromatic rings. The fourth-order valence-corrected chi connectivity index (χ4v) is 3.98. The van der Waals surface area contributed by atoms with E-state index in [0.717, 1.165) is 16.3 Å². The number of hydrogen-bond donors (Lipinski definition) is 1. The number of thiophene rings is 1. The Bertz CT molecular complexity index is 825. The molecule has 2 rings (SSSR count). The van der Waals surface area contributed by atoms with E-state index in [9.17, 15) is 14.4 Å². The molecule has 26 heavy (non-hydrogen) atoms. The van der Waals surface area contributed by atoms with Crippen LogP contribution < -0.4 is 5.32 Å². The molecule has 1 amide bonds. The molecule has 140 valence electrons. The van der Waals surface area contributed by atoms with Crippen LogP contribution in [0.1, 0.15) is 50.1 Å². The van der Waals surface area contributed by atoms with E-state index in [-0.39, 0.29) is 41.0 Å². The Hall–Kier alpha value is -2.26. The summed E-state index contributed by atoms with van der Waals surface area (Å²) in [4.78, 5) is 41.3. The molecule has 0 aliphatic rings. The van der Waals surface area contributed by atoms with Crippen LogP contribution in [0.4, 0.5) is 5.00 Å². The lowest BCUT2D eigenvalue weighted by atomic mass is 10.1. The summed E-state index contributed by atoms with van der Waals surface area (Å²) in [6, 6.07) is 0. The highest BCUT2D eigenvalue weighted by Gasteiger charge is 2.27. The molecule has 0 bridgehead atoms. The number of nitrogens with one attached hydrogen (secondary N) is 1. The first-order valence-electron chi connectivity index (χ1n) is 8.05. The molecule has 0 fully saturated rings. The van der Waals surface area contributed by atoms with Gasteiger partial charge in [-0.1, -0.05) is 0 Å². The molecule has 0 aliphatic carbocycles. The van der Waals surface area contributed by atoms with E-state index in [1.165, 1.54) is 11.3 Å². The molecular formula is C17H20N2O5S2. The second-order valence-corrected chi connectivity index (χ2v) is 7.37. The van der Waals surface area contributed by atoms with Gasteiger partial charge in [0, 0.05) is 5.38 Å². The van der Waals surface area contributed by atoms with Gasteiger partial charge >= 0.3 is 11.9 Å². The Morgan fingerprint density at radius 3 is 2.35 bits per heavy atom. The maximum atomic E-state index is 12.3. The number of carbonyl (C=O) groups excluding carboxylic acids is 3. The Morgan fingerprint density at radius 1 is 1.12 bits per heavy atom. The van der Waals surface area contributed by atoms with Gasteiger partial charge in [0.1, 0.15) is 9.88 Å². The number of hydrogen-bond acceptors (Lipinski definition) is 8. The normalized spacial score (nSPS) is 10.5. The molecule has 9 heteroatoms. The van der Waals surface area contributed by atoms with E-state index >= 15 is 0 Å². The SMILES string of the molecule is CCOC(=O)c1sc(NC(=O)Cc2csc(C)n2)c(C(=O)OCC)c1C. The summed E-state index contributed by atoms with van der Waals surface area (Å²) in [5.41, 5.74) is 1.27. The number of rotatable bonds is 7. The van der Waals surface area contributed by atoms with E-state index in [1.54, 1.807) is 20.8 Å². The van der Waals surface area contributed by atoms with Crippen molar-refractivity contribution in [2.45, 2.75) is 34.1 Å². The van der Waals surface area contributed by atoms with Gasteiger partial charge in [0.15, 0.2) is 0 Å². The summed E-state index contributed by atoms with van der Waals surface area (Å²) in [6.07, 6.45) is 0.0816. The number of carbonyl (C=O) groups is 3. The summed E-state index contributed by atoms with van der Waals surface area (Å²) in [6.45, 7) is 7.29. The van der Waals surface area contributed by atoms with E-state index in [0.29, 0.717) is 11.3 Å². The number of amides is 1. The van der Waals surface area contributed by atoms with Crippen molar-refractivity contribution in [3.8, 4) is 0 Å². The topological polar surface area (TPSA) is 94.6 Å². The van der Waals surface area contributed by atoms with E-state index in [4.69, 9.17) is 9.47 Å². The van der Waals surface area contributed by atoms with Crippen LogP contribution >= 0.6 is 22.7 Å². The minimum Gasteiger partial charge on any atom is -0.462 e. The van der Waals surface area contributed by atoms with Crippen molar-refractivity contribution in [2.75, 3.05) is 18.5 Å². The summed E-state index contributed by atoms with van der Waals surface area (Å²) in [5, 5.41) is 5.66. The number of nitrogens with zero attached hydrogens (tertiary/aromatic N) is 1. The van der Waals surface area contributed by atoms with E-state index in [2.05, 4.69) is 10.3 Å². The van der Waals surface area contributed by atoms with Gasteiger partial charge in [0.2, 0.25) is 5.91 Å². The maximum Gasteiger partial charge on any atom is 0.348 e. The zero-order valence-electron chi connectivity index (χ0n) is 15.0. The largest absolute Gasteiger partial charge is 0.462 e. The predicted octanol–water partition coefficient (Wildman–Crippen LogP) is 3.36. The van der Waals surface area contributed by atoms with E-state index < -0.39 is 11.9 Å². The molecular weight excluding hydrogens is 376 g/mol. The third-order valence-corrected chi connectivity index (χ3v) is 5.36. The van der Waals surface area contributed by atoms with Gasteiger partial charge in [-0.3, -0.25) is 4.79 Å². The number of aryl methyl sites for hydroxylation is 1. The molecule has 0 aromatic carbocycles. The third kappa shape index (κ3) is 4.67. The van der Waals surface area contributed by atoms with Gasteiger partial charge in [-0.25, -0.2) is 14.6 Å². The number of esters is 2. The minimum absolute atomic E-state index is 0.0816. The van der Waals surface area contributed by atoms with Crippen LogP contribution in [0.2, 0.25) is 0 Å². The van der Waals surface area contributed by atoms with Gasteiger partial charge in [-0.15, -0.1) is 22.7 Å². The van der Waals surface area contributed by atoms with Gasteiger partial charge < -0.3 is 14.8 Å². The molecule has 2 heterocycles. The fraction of sp³-hybridized carbons (Fsp3) is 0.412. The van der Waals surface area contributed by atoms with Crippen LogP contribution in [0, 0.1) is 13.8 Å². The molecule has 2 aromatic heterocycles. The van der Waals surface area contributed by atoms with Crippen molar-refractivity contribution < 1.29 is 23.9 Å². The fourth-order valence-electron chi connectivity index (χ4n) is 2.27. The summed E-state index contributed by atoms with van der Waals surface area (Å²) < 4.78 is 10.1. The highest BCUT2D eigenvalue weighted by atomic mass is 32.1. The standard InChI is InChI=1S/C17H20N2O5S2/c1-5-23-16(21)13-9(3)14(17(22)24-6-2)26-15(13)19-12(20)7-11-8-25-10(4)18-11/h8H,5-7H2,1-4H3,(H,19,20). The Kier molecular flexibility index (Phi) is 6.87. The molecule has 0 unspecified atom stereocenters. The van der Waals surface area contributed by atoms with Crippen LogP contribution in [0.5, 0.6) is 0 Å². The van der Waals surface area contributed by atoms with Gasteiger partial charge in [0.25, 0.3) is 0 Å². The molecule has 1 N–H and O–H groups in total. The van der Waals surface area contributed by atoms with Crippen molar-refractivity contribution in [3.63, 3.8) is 0 Å². The Morgan fingerprint density at radius 2 is 1.77 bits per heavy atom. The molecule has 0 saturated carbocycles. The minimum atomic E-state index is -0.586. The first kappa shape index (κ1) is 20.1. The molecule has 0 radical (unpaired) electrons. The van der Waals surface area contributed by atoms with Gasteiger partial charge in [-0.05, 0) is 33.3 Å². The second-order valence-electron chi connectivity index (χ2n) is 5.28. The third-order valence-electron chi connectivity index (χ3n) is 3.35. The van der Waals surface area contributed by atoms with Gasteiger partial charge in [0.05, 0.1) is 35.9 Å². The highest BCUT2D eigenvalue weighted by molar-refractivity contribution is 7.18. The molecule has 0 saturated heterocycles. The number of aromatic nitrogens is 1. The van der Waals surface area contributed by atoms with Crippen LogP contribution in [0.3, 0.4) is 0 Å². The second kappa shape index (κ2) is 8.91. The maximum absolute atomic E-state index is 12.3. The first-order chi connectivity index (χ1) is 12.4. The lowest BCUT2D eigenvalue weighted by Gasteiger charge is -2.06. The van der Waals surface area contributed by atoms with Crippen LogP contribution in [0.15, 0.2) is 5.38 Å². The summed E-state index contributed by atoms with van der Waals surface area (Å²) >= 11 is 2.47. The van der Waals surface area contributed by atoms with Crippen molar-refractivity contribution in [1.82, 2.24) is 4.98 Å². The van der Waals surface area contributed by atoms with Crippen molar-refractivity contribution in [1.29, 1.82) is 0 Å². The van der Waals surface area contributed by atoms with Crippen LogP contribution in [0.25, 0.3) is 0 Å². The number of anilines is 1. The van der Waals surface area contributed by atoms with Crippen LogP contribution in [-0.2, 0) is 20.7 Å². The average molecular weight is 396 g/mol. The highest BCUT2D eigenvalue weighted by Crippen LogP contribution is 2.34. The molecule has 7 nitrogen and oxygen atoms in total. The lowest BCUT2D eigenvalue weighted by molar-refractivity contribution is -0.115. The molecule has 0 atom stereocenters. The molecule has 0 aliphatic heterocycles. The Balaban J connectivity index is 2.29. The number of thiazole rings is 1. The first-order valence-corrected chi connectivity index (χ1v) is 9.75. The molecule has 0 spiro atoms. The van der Waals surface area contributed by atoms with Crippen molar-refractivity contribution in [3.05, 3.63) is 32.1 Å². The van der Waals surface area contributed by atoms with Gasteiger partial charge in [-0.2, -0.15) is 0 Å². The average Bonchev–Trinajstić information content (AvgIpc) is 3.11. The smallest absolute Gasteiger partial charge is 0.348 e. The number of ether oxygens (including phenoxy) is 2. The lowest BCUT2D eigenvalue weighted by Crippen LogP contribution is -2.16. The van der Waals surface area contributed by atoms with E-state index in [1.807, 2.05) is 12.3 Å². The Labute approximate surface area is 159 Å². The van der Waals surface area contributed by atoms with Crippen molar-refractivity contribution in [2.24, 2.45) is 0 Å².